The van der Waals surface area contributed by atoms with Crippen LogP contribution in [0.3, 0.4) is 0 Å². The normalized spacial score (nSPS) is 18.8. The summed E-state index contributed by atoms with van der Waals surface area (Å²) in [6.45, 7) is 2.54. The lowest BCUT2D eigenvalue weighted by molar-refractivity contribution is 0.485. The van der Waals surface area contributed by atoms with Gasteiger partial charge in [0.25, 0.3) is 0 Å². The summed E-state index contributed by atoms with van der Waals surface area (Å²) in [5, 5.41) is 14.1. The maximum atomic E-state index is 13.9. The lowest BCUT2D eigenvalue weighted by Crippen LogP contribution is -2.33. The second kappa shape index (κ2) is 8.99. The fourth-order valence-electron chi connectivity index (χ4n) is 5.27. The molecule has 2 fully saturated rings. The largest absolute Gasteiger partial charge is 0.357 e. The third kappa shape index (κ3) is 4.08. The molecule has 0 N–H and O–H groups in total. The van der Waals surface area contributed by atoms with Gasteiger partial charge in [0.05, 0.1) is 24.0 Å². The standard InChI is InChI=1S/C27H26FN7/c28-21-5-1-4-20(16-21)23-7-3-13-34(23)27-10-9-25-30-18-24(35(25)32-27)22-6-2-8-26(31-22)33-14-11-19(17-29)12-15-33/h1-2,4-6,8-10,16,18-19,23H,3,7,11-15H2. The molecule has 5 heterocycles. The first-order valence-electron chi connectivity index (χ1n) is 12.2. The summed E-state index contributed by atoms with van der Waals surface area (Å²) in [4.78, 5) is 14.0. The SMILES string of the molecule is N#CC1CCN(c2cccc(-c3cnc4ccc(N5CCCC5c5cccc(F)c5)nn34)n2)CC1. The van der Waals surface area contributed by atoms with Gasteiger partial charge in [-0.2, -0.15) is 5.26 Å². The Balaban J connectivity index is 1.32. The Kier molecular flexibility index (Phi) is 5.53. The molecule has 0 bridgehead atoms. The zero-order valence-corrected chi connectivity index (χ0v) is 19.4. The molecule has 2 saturated heterocycles. The van der Waals surface area contributed by atoms with Crippen LogP contribution in [0.5, 0.6) is 0 Å². The van der Waals surface area contributed by atoms with E-state index in [0.29, 0.717) is 0 Å². The summed E-state index contributed by atoms with van der Waals surface area (Å²) in [5.74, 6) is 1.68. The van der Waals surface area contributed by atoms with E-state index in [1.54, 1.807) is 12.1 Å². The number of aromatic nitrogens is 4. The molecular weight excluding hydrogens is 441 g/mol. The van der Waals surface area contributed by atoms with Crippen LogP contribution in [0.4, 0.5) is 16.0 Å². The summed E-state index contributed by atoms with van der Waals surface area (Å²) < 4.78 is 15.7. The summed E-state index contributed by atoms with van der Waals surface area (Å²) in [7, 11) is 0. The minimum atomic E-state index is -0.211. The molecular formula is C27H26FN7. The maximum absolute atomic E-state index is 13.9. The van der Waals surface area contributed by atoms with E-state index in [1.165, 1.54) is 6.07 Å². The van der Waals surface area contributed by atoms with Crippen molar-refractivity contribution in [1.82, 2.24) is 19.6 Å². The number of rotatable bonds is 4. The van der Waals surface area contributed by atoms with Crippen molar-refractivity contribution in [2.24, 2.45) is 5.92 Å². The number of halogens is 1. The number of nitriles is 1. The van der Waals surface area contributed by atoms with Crippen molar-refractivity contribution in [3.8, 4) is 17.5 Å². The van der Waals surface area contributed by atoms with E-state index in [9.17, 15) is 9.65 Å². The smallest absolute Gasteiger partial charge is 0.154 e. The second-order valence-electron chi connectivity index (χ2n) is 9.28. The fraction of sp³-hybridized carbons (Fsp3) is 0.333. The van der Waals surface area contributed by atoms with Gasteiger partial charge < -0.3 is 9.80 Å². The molecule has 6 rings (SSSR count). The number of piperidine rings is 1. The third-order valence-electron chi connectivity index (χ3n) is 7.13. The minimum absolute atomic E-state index is 0.0976. The molecule has 0 amide bonds. The van der Waals surface area contributed by atoms with Crippen molar-refractivity contribution in [1.29, 1.82) is 5.26 Å². The second-order valence-corrected chi connectivity index (χ2v) is 9.28. The Bertz CT molecular complexity index is 1400. The Labute approximate surface area is 203 Å². The van der Waals surface area contributed by atoms with Gasteiger partial charge in [-0.15, -0.1) is 5.10 Å². The molecule has 0 saturated carbocycles. The van der Waals surface area contributed by atoms with E-state index in [1.807, 2.05) is 47.1 Å². The van der Waals surface area contributed by atoms with Gasteiger partial charge >= 0.3 is 0 Å². The Morgan fingerprint density at radius 3 is 2.63 bits per heavy atom. The van der Waals surface area contributed by atoms with Crippen molar-refractivity contribution < 1.29 is 4.39 Å². The van der Waals surface area contributed by atoms with Crippen LogP contribution in [0.25, 0.3) is 17.0 Å². The zero-order chi connectivity index (χ0) is 23.8. The fourth-order valence-corrected chi connectivity index (χ4v) is 5.27. The van der Waals surface area contributed by atoms with Crippen molar-refractivity contribution in [2.75, 3.05) is 29.4 Å². The quantitative estimate of drug-likeness (QED) is 0.420. The van der Waals surface area contributed by atoms with Gasteiger partial charge in [-0.1, -0.05) is 18.2 Å². The number of fused-ring (bicyclic) bond motifs is 1. The van der Waals surface area contributed by atoms with Gasteiger partial charge in [0.2, 0.25) is 0 Å². The van der Waals surface area contributed by atoms with Gasteiger partial charge in [-0.25, -0.2) is 18.9 Å². The van der Waals surface area contributed by atoms with Gasteiger partial charge in [-0.05, 0) is 67.6 Å². The maximum Gasteiger partial charge on any atom is 0.154 e. The number of imidazole rings is 1. The lowest BCUT2D eigenvalue weighted by atomic mass is 9.99. The number of hydrogen-bond donors (Lipinski definition) is 0. The highest BCUT2D eigenvalue weighted by Gasteiger charge is 2.28. The Hall–Kier alpha value is -3.99. The average molecular weight is 468 g/mol. The molecule has 0 aliphatic carbocycles. The van der Waals surface area contributed by atoms with Crippen molar-refractivity contribution in [2.45, 2.75) is 31.7 Å². The van der Waals surface area contributed by atoms with E-state index in [-0.39, 0.29) is 17.8 Å². The van der Waals surface area contributed by atoms with Gasteiger partial charge in [0, 0.05) is 25.6 Å². The highest BCUT2D eigenvalue weighted by atomic mass is 19.1. The number of hydrogen-bond acceptors (Lipinski definition) is 6. The molecule has 2 aliphatic heterocycles. The van der Waals surface area contributed by atoms with Crippen LogP contribution in [-0.4, -0.2) is 39.2 Å². The summed E-state index contributed by atoms with van der Waals surface area (Å²) >= 11 is 0. The lowest BCUT2D eigenvalue weighted by Gasteiger charge is -2.30. The molecule has 0 spiro atoms. The van der Waals surface area contributed by atoms with E-state index >= 15 is 0 Å². The Morgan fingerprint density at radius 1 is 0.943 bits per heavy atom. The molecule has 4 aromatic rings. The molecule has 7 nitrogen and oxygen atoms in total. The van der Waals surface area contributed by atoms with E-state index < -0.39 is 0 Å². The van der Waals surface area contributed by atoms with Crippen molar-refractivity contribution >= 4 is 17.3 Å². The molecule has 3 aromatic heterocycles. The molecule has 176 valence electrons. The van der Waals surface area contributed by atoms with Crippen LogP contribution < -0.4 is 9.80 Å². The van der Waals surface area contributed by atoms with Crippen LogP contribution in [-0.2, 0) is 0 Å². The predicted octanol–water partition coefficient (Wildman–Crippen LogP) is 5.01. The highest BCUT2D eigenvalue weighted by Crippen LogP contribution is 2.36. The molecule has 1 unspecified atom stereocenters. The topological polar surface area (TPSA) is 73.4 Å². The van der Waals surface area contributed by atoms with Crippen LogP contribution in [0.1, 0.15) is 37.3 Å². The summed E-state index contributed by atoms with van der Waals surface area (Å²) in [6, 6.07) is 19.3. The van der Waals surface area contributed by atoms with Crippen molar-refractivity contribution in [3.63, 3.8) is 0 Å². The zero-order valence-electron chi connectivity index (χ0n) is 19.4. The molecule has 2 aliphatic rings. The molecule has 1 aromatic carbocycles. The van der Waals surface area contributed by atoms with Crippen LogP contribution in [0.15, 0.2) is 60.8 Å². The molecule has 1 atom stereocenters. The monoisotopic (exact) mass is 467 g/mol. The van der Waals surface area contributed by atoms with E-state index in [2.05, 4.69) is 20.9 Å². The molecule has 0 radical (unpaired) electrons. The van der Waals surface area contributed by atoms with Crippen LogP contribution in [0.2, 0.25) is 0 Å². The first kappa shape index (κ1) is 21.5. The van der Waals surface area contributed by atoms with E-state index in [0.717, 1.165) is 79.6 Å². The van der Waals surface area contributed by atoms with Gasteiger partial charge in [0.15, 0.2) is 5.65 Å². The number of pyridine rings is 1. The highest BCUT2D eigenvalue weighted by molar-refractivity contribution is 5.62. The number of anilines is 2. The summed E-state index contributed by atoms with van der Waals surface area (Å²) in [6.07, 6.45) is 5.54. The van der Waals surface area contributed by atoms with E-state index in [4.69, 9.17) is 10.1 Å². The number of nitrogens with zero attached hydrogens (tertiary/aromatic N) is 7. The molecule has 35 heavy (non-hydrogen) atoms. The first-order chi connectivity index (χ1) is 17.2. The minimum Gasteiger partial charge on any atom is -0.357 e. The Morgan fingerprint density at radius 2 is 1.80 bits per heavy atom. The van der Waals surface area contributed by atoms with Crippen LogP contribution >= 0.6 is 0 Å². The van der Waals surface area contributed by atoms with Crippen LogP contribution in [0, 0.1) is 23.1 Å². The average Bonchev–Trinajstić information content (AvgIpc) is 3.56. The molecule has 8 heteroatoms. The van der Waals surface area contributed by atoms with Crippen molar-refractivity contribution in [3.05, 3.63) is 72.2 Å². The van der Waals surface area contributed by atoms with Gasteiger partial charge in [0.1, 0.15) is 23.1 Å². The third-order valence-corrected chi connectivity index (χ3v) is 7.13. The van der Waals surface area contributed by atoms with Gasteiger partial charge in [-0.3, -0.25) is 0 Å². The summed E-state index contributed by atoms with van der Waals surface area (Å²) in [5.41, 5.74) is 3.37. The first-order valence-corrected chi connectivity index (χ1v) is 12.2. The predicted molar refractivity (Wildman–Crippen MR) is 132 cm³/mol. The number of benzene rings is 1.